The molecule has 1 N–H and O–H groups in total. The molecular formula is C7H11F3N2. The number of nitriles is 1. The molecule has 0 radical (unpaired) electrons. The van der Waals surface area contributed by atoms with Gasteiger partial charge in [-0.25, -0.2) is 0 Å². The Hall–Kier alpha value is -0.760. The summed E-state index contributed by atoms with van der Waals surface area (Å²) in [4.78, 5) is 0. The van der Waals surface area contributed by atoms with E-state index in [2.05, 4.69) is 5.32 Å². The smallest absolute Gasteiger partial charge is 0.313 e. The van der Waals surface area contributed by atoms with Crippen LogP contribution < -0.4 is 5.32 Å². The second-order valence-corrected chi connectivity index (χ2v) is 2.58. The molecule has 0 heterocycles. The van der Waals surface area contributed by atoms with Crippen molar-refractivity contribution in [2.75, 3.05) is 6.54 Å². The van der Waals surface area contributed by atoms with Crippen molar-refractivity contribution in [3.05, 3.63) is 0 Å². The minimum absolute atomic E-state index is 0.119. The summed E-state index contributed by atoms with van der Waals surface area (Å²) in [5, 5.41) is 10.8. The van der Waals surface area contributed by atoms with Gasteiger partial charge in [0.2, 0.25) is 0 Å². The highest BCUT2D eigenvalue weighted by molar-refractivity contribution is 4.77. The molecule has 0 amide bonds. The lowest BCUT2D eigenvalue weighted by Gasteiger charge is -2.11. The van der Waals surface area contributed by atoms with E-state index in [0.717, 1.165) is 0 Å². The van der Waals surface area contributed by atoms with Gasteiger partial charge in [-0.05, 0) is 6.92 Å². The van der Waals surface area contributed by atoms with E-state index in [1.807, 2.05) is 6.07 Å². The minimum Gasteiger partial charge on any atom is -0.313 e. The van der Waals surface area contributed by atoms with Crippen LogP contribution in [0.5, 0.6) is 0 Å². The predicted molar refractivity (Wildman–Crippen MR) is 38.4 cm³/mol. The van der Waals surface area contributed by atoms with Crippen molar-refractivity contribution < 1.29 is 13.2 Å². The second-order valence-electron chi connectivity index (χ2n) is 2.58. The van der Waals surface area contributed by atoms with Gasteiger partial charge in [0.25, 0.3) is 0 Å². The summed E-state index contributed by atoms with van der Waals surface area (Å²) in [6.45, 7) is 1.56. The van der Waals surface area contributed by atoms with E-state index in [1.54, 1.807) is 6.92 Å². The van der Waals surface area contributed by atoms with E-state index in [9.17, 15) is 13.2 Å². The molecule has 0 fully saturated rings. The summed E-state index contributed by atoms with van der Waals surface area (Å²) in [6, 6.07) is 1.70. The van der Waals surface area contributed by atoms with Crippen LogP contribution in [0.4, 0.5) is 13.2 Å². The van der Waals surface area contributed by atoms with E-state index in [-0.39, 0.29) is 19.0 Å². The van der Waals surface area contributed by atoms with Gasteiger partial charge in [0.1, 0.15) is 0 Å². The molecule has 0 aromatic rings. The van der Waals surface area contributed by atoms with Gasteiger partial charge in [-0.2, -0.15) is 18.4 Å². The molecular weight excluding hydrogens is 169 g/mol. The molecule has 0 bridgehead atoms. The molecule has 0 rings (SSSR count). The maximum absolute atomic E-state index is 11.6. The first-order valence-corrected chi connectivity index (χ1v) is 3.63. The predicted octanol–water partition coefficient (Wildman–Crippen LogP) is 1.83. The third-order valence-electron chi connectivity index (χ3n) is 1.30. The molecule has 1 unspecified atom stereocenters. The molecule has 70 valence electrons. The summed E-state index contributed by atoms with van der Waals surface area (Å²) < 4.78 is 34.8. The van der Waals surface area contributed by atoms with Crippen molar-refractivity contribution in [2.24, 2.45) is 0 Å². The topological polar surface area (TPSA) is 35.8 Å². The van der Waals surface area contributed by atoms with Crippen molar-refractivity contribution in [3.8, 4) is 6.07 Å². The first kappa shape index (κ1) is 11.2. The number of hydrogen-bond acceptors (Lipinski definition) is 2. The zero-order valence-corrected chi connectivity index (χ0v) is 6.78. The Morgan fingerprint density at radius 3 is 2.50 bits per heavy atom. The maximum atomic E-state index is 11.6. The van der Waals surface area contributed by atoms with Gasteiger partial charge in [0.15, 0.2) is 0 Å². The van der Waals surface area contributed by atoms with Crippen molar-refractivity contribution in [1.29, 1.82) is 5.26 Å². The van der Waals surface area contributed by atoms with Crippen LogP contribution in [0, 0.1) is 11.3 Å². The van der Waals surface area contributed by atoms with Crippen molar-refractivity contribution in [3.63, 3.8) is 0 Å². The van der Waals surface area contributed by atoms with E-state index in [4.69, 9.17) is 5.26 Å². The number of halogens is 3. The second kappa shape index (κ2) is 4.99. The lowest BCUT2D eigenvalue weighted by molar-refractivity contribution is -0.133. The first-order chi connectivity index (χ1) is 5.45. The fourth-order valence-corrected chi connectivity index (χ4v) is 0.669. The highest BCUT2D eigenvalue weighted by Crippen LogP contribution is 2.18. The van der Waals surface area contributed by atoms with E-state index in [1.165, 1.54) is 0 Å². The molecule has 0 aliphatic heterocycles. The van der Waals surface area contributed by atoms with E-state index < -0.39 is 12.6 Å². The normalized spacial score (nSPS) is 13.9. The average Bonchev–Trinajstić information content (AvgIpc) is 1.84. The Bertz CT molecular complexity index is 159. The monoisotopic (exact) mass is 180 g/mol. The molecule has 0 aliphatic carbocycles. The van der Waals surface area contributed by atoms with Gasteiger partial charge < -0.3 is 5.32 Å². The van der Waals surface area contributed by atoms with Crippen molar-refractivity contribution in [1.82, 2.24) is 5.32 Å². The molecule has 0 spiro atoms. The summed E-state index contributed by atoms with van der Waals surface area (Å²) in [5.74, 6) is 0. The number of hydrogen-bond donors (Lipinski definition) is 1. The third kappa shape index (κ3) is 7.35. The summed E-state index contributed by atoms with van der Waals surface area (Å²) in [5.41, 5.74) is 0. The molecule has 2 nitrogen and oxygen atoms in total. The Balaban J connectivity index is 3.38. The molecule has 1 atom stereocenters. The largest absolute Gasteiger partial charge is 0.390 e. The van der Waals surface area contributed by atoms with Crippen LogP contribution in [0.15, 0.2) is 0 Å². The SMILES string of the molecule is CC(CC#N)NCCC(F)(F)F. The standard InChI is InChI=1S/C7H11F3N2/c1-6(2-4-11)12-5-3-7(8,9)10/h6,12H,2-3,5H2,1H3. The lowest BCUT2D eigenvalue weighted by Crippen LogP contribution is -2.29. The molecule has 0 saturated heterocycles. The van der Waals surface area contributed by atoms with Gasteiger partial charge in [0, 0.05) is 12.6 Å². The Morgan fingerprint density at radius 1 is 1.50 bits per heavy atom. The molecule has 0 saturated carbocycles. The average molecular weight is 180 g/mol. The number of alkyl halides is 3. The van der Waals surface area contributed by atoms with Crippen LogP contribution in [0.3, 0.4) is 0 Å². The fraction of sp³-hybridized carbons (Fsp3) is 0.857. The zero-order chi connectivity index (χ0) is 9.61. The maximum Gasteiger partial charge on any atom is 0.390 e. The van der Waals surface area contributed by atoms with Crippen molar-refractivity contribution >= 4 is 0 Å². The fourth-order valence-electron chi connectivity index (χ4n) is 0.669. The molecule has 5 heteroatoms. The van der Waals surface area contributed by atoms with Gasteiger partial charge in [-0.3, -0.25) is 0 Å². The van der Waals surface area contributed by atoms with Gasteiger partial charge in [-0.1, -0.05) is 0 Å². The summed E-state index contributed by atoms with van der Waals surface area (Å²) in [7, 11) is 0. The first-order valence-electron chi connectivity index (χ1n) is 3.63. The van der Waals surface area contributed by atoms with Crippen LogP contribution >= 0.6 is 0 Å². The lowest BCUT2D eigenvalue weighted by atomic mass is 10.2. The van der Waals surface area contributed by atoms with Gasteiger partial charge >= 0.3 is 6.18 Å². The summed E-state index contributed by atoms with van der Waals surface area (Å²) >= 11 is 0. The van der Waals surface area contributed by atoms with Crippen LogP contribution in [0.2, 0.25) is 0 Å². The van der Waals surface area contributed by atoms with Crippen molar-refractivity contribution in [2.45, 2.75) is 32.0 Å². The third-order valence-corrected chi connectivity index (χ3v) is 1.30. The molecule has 0 aliphatic rings. The van der Waals surface area contributed by atoms with Crippen LogP contribution in [-0.2, 0) is 0 Å². The summed E-state index contributed by atoms with van der Waals surface area (Å²) in [6.07, 6.45) is -4.72. The van der Waals surface area contributed by atoms with E-state index >= 15 is 0 Å². The van der Waals surface area contributed by atoms with Crippen LogP contribution in [-0.4, -0.2) is 18.8 Å². The molecule has 0 aromatic heterocycles. The van der Waals surface area contributed by atoms with Gasteiger partial charge in [-0.15, -0.1) is 0 Å². The number of nitrogens with one attached hydrogen (secondary N) is 1. The Labute approximate surface area is 69.4 Å². The highest BCUT2D eigenvalue weighted by atomic mass is 19.4. The van der Waals surface area contributed by atoms with Gasteiger partial charge in [0.05, 0.1) is 18.9 Å². The number of rotatable bonds is 4. The number of nitrogens with zero attached hydrogens (tertiary/aromatic N) is 1. The van der Waals surface area contributed by atoms with Crippen LogP contribution in [0.1, 0.15) is 19.8 Å². The zero-order valence-electron chi connectivity index (χ0n) is 6.78. The minimum atomic E-state index is -4.11. The molecule has 0 aromatic carbocycles. The Kier molecular flexibility index (Phi) is 4.67. The molecule has 12 heavy (non-hydrogen) atoms. The van der Waals surface area contributed by atoms with E-state index in [0.29, 0.717) is 0 Å². The highest BCUT2D eigenvalue weighted by Gasteiger charge is 2.26. The Morgan fingerprint density at radius 2 is 2.08 bits per heavy atom. The quantitative estimate of drug-likeness (QED) is 0.716. The van der Waals surface area contributed by atoms with Crippen LogP contribution in [0.25, 0.3) is 0 Å².